The number of ether oxygens (including phenoxy) is 1. The zero-order chi connectivity index (χ0) is 19.5. The minimum absolute atomic E-state index is 0.204. The minimum Gasteiger partial charge on any atom is -0.504 e. The van der Waals surface area contributed by atoms with E-state index < -0.39 is 0 Å². The highest BCUT2D eigenvalue weighted by atomic mass is 16.5. The largest absolute Gasteiger partial charge is 0.504 e. The third-order valence-corrected chi connectivity index (χ3v) is 5.64. The van der Waals surface area contributed by atoms with E-state index in [4.69, 9.17) is 4.74 Å². The third kappa shape index (κ3) is 3.90. The molecule has 0 saturated carbocycles. The van der Waals surface area contributed by atoms with Gasteiger partial charge in [0.2, 0.25) is 0 Å². The molecule has 3 aromatic rings. The average Bonchev–Trinajstić information content (AvgIpc) is 3.19. The summed E-state index contributed by atoms with van der Waals surface area (Å²) in [5, 5.41) is 17.6. The first-order valence-corrected chi connectivity index (χ1v) is 9.82. The lowest BCUT2D eigenvalue weighted by atomic mass is 9.89. The number of aryl methyl sites for hydroxylation is 1. The molecule has 2 N–H and O–H groups in total. The number of hydrogen-bond donors (Lipinski definition) is 2. The van der Waals surface area contributed by atoms with E-state index in [1.165, 1.54) is 22.4 Å². The molecule has 1 aromatic heterocycles. The van der Waals surface area contributed by atoms with Crippen molar-refractivity contribution >= 4 is 0 Å². The topological polar surface area (TPSA) is 61.4 Å². The van der Waals surface area contributed by atoms with Crippen LogP contribution in [0.4, 0.5) is 0 Å². The van der Waals surface area contributed by atoms with Gasteiger partial charge in [-0.05, 0) is 56.1 Å². The molecule has 1 aliphatic rings. The normalized spacial score (nSPS) is 15.6. The van der Waals surface area contributed by atoms with E-state index in [0.29, 0.717) is 11.7 Å². The number of methoxy groups -OCH3 is 1. The fraction of sp³-hybridized carbons (Fsp3) is 0.348. The van der Waals surface area contributed by atoms with Crippen molar-refractivity contribution in [2.45, 2.75) is 32.2 Å². The Hall–Kier alpha value is -2.79. The zero-order valence-corrected chi connectivity index (χ0v) is 16.5. The van der Waals surface area contributed by atoms with Crippen molar-refractivity contribution in [1.82, 2.24) is 15.1 Å². The standard InChI is InChI=1S/C23H27N3O2/c1-16-4-3-5-19(12-16)20-14-24-25-23(20)18-8-10-26(11-9-18)15-17-6-7-22(28-2)21(27)13-17/h3-7,12-14,18,27H,8-11,15H2,1-2H3,(H,24,25). The molecule has 28 heavy (non-hydrogen) atoms. The van der Waals surface area contributed by atoms with Crippen molar-refractivity contribution in [2.75, 3.05) is 20.2 Å². The number of aromatic amines is 1. The van der Waals surface area contributed by atoms with Crippen molar-refractivity contribution in [3.05, 3.63) is 65.5 Å². The molecular weight excluding hydrogens is 350 g/mol. The van der Waals surface area contributed by atoms with Crippen LogP contribution >= 0.6 is 0 Å². The van der Waals surface area contributed by atoms with Crippen LogP contribution in [0.25, 0.3) is 11.1 Å². The van der Waals surface area contributed by atoms with Gasteiger partial charge < -0.3 is 9.84 Å². The van der Waals surface area contributed by atoms with E-state index in [2.05, 4.69) is 46.3 Å². The highest BCUT2D eigenvalue weighted by Gasteiger charge is 2.24. The second-order valence-electron chi connectivity index (χ2n) is 7.62. The summed E-state index contributed by atoms with van der Waals surface area (Å²) in [6, 6.07) is 14.3. The van der Waals surface area contributed by atoms with Gasteiger partial charge in [-0.15, -0.1) is 0 Å². The Morgan fingerprint density at radius 2 is 2.00 bits per heavy atom. The first-order chi connectivity index (χ1) is 13.6. The van der Waals surface area contributed by atoms with E-state index >= 15 is 0 Å². The molecule has 1 saturated heterocycles. The number of aromatic hydroxyl groups is 1. The van der Waals surface area contributed by atoms with Gasteiger partial charge in [0, 0.05) is 23.7 Å². The second-order valence-corrected chi connectivity index (χ2v) is 7.62. The Morgan fingerprint density at radius 3 is 2.71 bits per heavy atom. The third-order valence-electron chi connectivity index (χ3n) is 5.64. The number of likely N-dealkylation sites (tertiary alicyclic amines) is 1. The van der Waals surface area contributed by atoms with Crippen LogP contribution in [0, 0.1) is 6.92 Å². The van der Waals surface area contributed by atoms with Crippen molar-refractivity contribution < 1.29 is 9.84 Å². The summed E-state index contributed by atoms with van der Waals surface area (Å²) in [6.07, 6.45) is 4.16. The SMILES string of the molecule is COc1ccc(CN2CCC(c3[nH]ncc3-c3cccc(C)c3)CC2)cc1O. The smallest absolute Gasteiger partial charge is 0.160 e. The molecule has 2 heterocycles. The molecule has 1 fully saturated rings. The molecule has 5 nitrogen and oxygen atoms in total. The Kier molecular flexibility index (Phi) is 5.35. The Balaban J connectivity index is 1.41. The molecule has 0 spiro atoms. The summed E-state index contributed by atoms with van der Waals surface area (Å²) in [6.45, 7) is 5.03. The monoisotopic (exact) mass is 377 g/mol. The number of benzene rings is 2. The number of phenols is 1. The van der Waals surface area contributed by atoms with Gasteiger partial charge >= 0.3 is 0 Å². The molecule has 4 rings (SSSR count). The van der Waals surface area contributed by atoms with Crippen LogP contribution in [0.3, 0.4) is 0 Å². The van der Waals surface area contributed by atoms with Gasteiger partial charge in [-0.1, -0.05) is 35.9 Å². The predicted octanol–water partition coefficient (Wildman–Crippen LogP) is 4.48. The van der Waals surface area contributed by atoms with Crippen LogP contribution in [-0.2, 0) is 6.54 Å². The number of H-pyrrole nitrogens is 1. The summed E-state index contributed by atoms with van der Waals surface area (Å²) in [4.78, 5) is 2.44. The van der Waals surface area contributed by atoms with Crippen molar-refractivity contribution in [2.24, 2.45) is 0 Å². The van der Waals surface area contributed by atoms with Gasteiger partial charge in [0.25, 0.3) is 0 Å². The number of nitrogens with zero attached hydrogens (tertiary/aromatic N) is 2. The number of nitrogens with one attached hydrogen (secondary N) is 1. The number of hydrogen-bond acceptors (Lipinski definition) is 4. The molecule has 0 amide bonds. The van der Waals surface area contributed by atoms with Gasteiger partial charge in [-0.3, -0.25) is 10.00 Å². The Bertz CT molecular complexity index is 943. The number of piperidine rings is 1. The lowest BCUT2D eigenvalue weighted by Gasteiger charge is -2.32. The summed E-state index contributed by atoms with van der Waals surface area (Å²) in [7, 11) is 1.57. The van der Waals surface area contributed by atoms with E-state index in [-0.39, 0.29) is 5.75 Å². The summed E-state index contributed by atoms with van der Waals surface area (Å²) in [5.41, 5.74) is 6.09. The van der Waals surface area contributed by atoms with Gasteiger partial charge in [-0.2, -0.15) is 5.10 Å². The minimum atomic E-state index is 0.204. The van der Waals surface area contributed by atoms with E-state index in [1.807, 2.05) is 18.3 Å². The molecule has 1 aliphatic heterocycles. The summed E-state index contributed by atoms with van der Waals surface area (Å²) < 4.78 is 5.13. The zero-order valence-electron chi connectivity index (χ0n) is 16.5. The Labute approximate surface area is 166 Å². The van der Waals surface area contributed by atoms with Crippen LogP contribution in [0.1, 0.15) is 35.6 Å². The molecule has 0 unspecified atom stereocenters. The van der Waals surface area contributed by atoms with Crippen LogP contribution in [-0.4, -0.2) is 40.4 Å². The van der Waals surface area contributed by atoms with E-state index in [0.717, 1.165) is 38.0 Å². The second kappa shape index (κ2) is 8.07. The fourth-order valence-electron chi connectivity index (χ4n) is 4.12. The lowest BCUT2D eigenvalue weighted by molar-refractivity contribution is 0.203. The number of rotatable bonds is 5. The summed E-state index contributed by atoms with van der Waals surface area (Å²) >= 11 is 0. The highest BCUT2D eigenvalue weighted by Crippen LogP contribution is 2.35. The maximum atomic E-state index is 9.99. The molecule has 5 heteroatoms. The maximum absolute atomic E-state index is 9.99. The van der Waals surface area contributed by atoms with Crippen molar-refractivity contribution in [3.63, 3.8) is 0 Å². The van der Waals surface area contributed by atoms with Crippen LogP contribution in [0.2, 0.25) is 0 Å². The van der Waals surface area contributed by atoms with Crippen LogP contribution in [0.5, 0.6) is 11.5 Å². The highest BCUT2D eigenvalue weighted by molar-refractivity contribution is 5.66. The average molecular weight is 377 g/mol. The molecule has 146 valence electrons. The molecule has 0 bridgehead atoms. The molecule has 2 aromatic carbocycles. The van der Waals surface area contributed by atoms with E-state index in [9.17, 15) is 5.11 Å². The van der Waals surface area contributed by atoms with E-state index in [1.54, 1.807) is 13.2 Å². The van der Waals surface area contributed by atoms with Gasteiger partial charge in [0.15, 0.2) is 11.5 Å². The quantitative estimate of drug-likeness (QED) is 0.688. The van der Waals surface area contributed by atoms with Gasteiger partial charge in [0.1, 0.15) is 0 Å². The first kappa shape index (κ1) is 18.6. The van der Waals surface area contributed by atoms with Crippen LogP contribution in [0.15, 0.2) is 48.7 Å². The number of aromatic nitrogens is 2. The molecular formula is C23H27N3O2. The summed E-state index contributed by atoms with van der Waals surface area (Å²) in [5.74, 6) is 1.22. The maximum Gasteiger partial charge on any atom is 0.160 e. The molecule has 0 atom stereocenters. The molecule has 0 aliphatic carbocycles. The van der Waals surface area contributed by atoms with Crippen LogP contribution < -0.4 is 4.74 Å². The fourth-order valence-corrected chi connectivity index (χ4v) is 4.12. The molecule has 0 radical (unpaired) electrons. The van der Waals surface area contributed by atoms with Crippen molar-refractivity contribution in [1.29, 1.82) is 0 Å². The number of phenolic OH excluding ortho intramolecular Hbond substituents is 1. The van der Waals surface area contributed by atoms with Crippen molar-refractivity contribution in [3.8, 4) is 22.6 Å². The van der Waals surface area contributed by atoms with Gasteiger partial charge in [-0.25, -0.2) is 0 Å². The predicted molar refractivity (Wildman–Crippen MR) is 111 cm³/mol. The van der Waals surface area contributed by atoms with Gasteiger partial charge in [0.05, 0.1) is 13.3 Å². The Morgan fingerprint density at radius 1 is 1.18 bits per heavy atom. The lowest BCUT2D eigenvalue weighted by Crippen LogP contribution is -2.32. The first-order valence-electron chi connectivity index (χ1n) is 9.82.